The number of aromatic nitrogens is 1. The number of rotatable bonds is 4. The molecule has 4 nitrogen and oxygen atoms in total. The Bertz CT molecular complexity index is 1010. The summed E-state index contributed by atoms with van der Waals surface area (Å²) in [7, 11) is 0. The van der Waals surface area contributed by atoms with Crippen LogP contribution in [0.1, 0.15) is 34.5 Å². The molecule has 1 amide bonds. The summed E-state index contributed by atoms with van der Waals surface area (Å²) >= 11 is 3.55. The molecule has 3 aromatic rings. The predicted molar refractivity (Wildman–Crippen MR) is 118 cm³/mol. The van der Waals surface area contributed by atoms with Gasteiger partial charge in [0, 0.05) is 23.2 Å². The van der Waals surface area contributed by atoms with Gasteiger partial charge in [-0.05, 0) is 49.6 Å². The zero-order chi connectivity index (χ0) is 20.3. The van der Waals surface area contributed by atoms with E-state index in [1.54, 1.807) is 0 Å². The van der Waals surface area contributed by atoms with E-state index < -0.39 is 5.54 Å². The maximum Gasteiger partial charge on any atom is 0.253 e. The molecule has 2 heterocycles. The number of aryl methyl sites for hydroxylation is 1. The fourth-order valence-corrected chi connectivity index (χ4v) is 4.25. The van der Waals surface area contributed by atoms with Gasteiger partial charge >= 0.3 is 0 Å². The molecule has 1 aliphatic heterocycles. The van der Waals surface area contributed by atoms with Gasteiger partial charge in [0.15, 0.2) is 0 Å². The molecule has 1 fully saturated rings. The fourth-order valence-electron chi connectivity index (χ4n) is 3.85. The molecule has 0 saturated carbocycles. The molecular formula is C24H23BrN2O2. The van der Waals surface area contributed by atoms with Gasteiger partial charge in [-0.25, -0.2) is 0 Å². The molecule has 29 heavy (non-hydrogen) atoms. The highest BCUT2D eigenvalue weighted by molar-refractivity contribution is 9.10. The number of ether oxygens (including phenoxy) is 1. The second kappa shape index (κ2) is 8.47. The number of carbonyl (C=O) groups excluding carboxylic acids is 1. The molecule has 0 aliphatic carbocycles. The van der Waals surface area contributed by atoms with E-state index in [4.69, 9.17) is 4.74 Å². The van der Waals surface area contributed by atoms with Crippen molar-refractivity contribution in [2.45, 2.75) is 25.3 Å². The number of pyridine rings is 1. The van der Waals surface area contributed by atoms with Gasteiger partial charge in [0.2, 0.25) is 0 Å². The van der Waals surface area contributed by atoms with Crippen molar-refractivity contribution in [1.82, 2.24) is 10.3 Å². The van der Waals surface area contributed by atoms with E-state index in [-0.39, 0.29) is 5.91 Å². The van der Waals surface area contributed by atoms with Crippen LogP contribution >= 0.6 is 15.9 Å². The van der Waals surface area contributed by atoms with Crippen molar-refractivity contribution in [2.75, 3.05) is 13.2 Å². The topological polar surface area (TPSA) is 51.2 Å². The number of nitrogens with zero attached hydrogens (tertiary/aromatic N) is 1. The van der Waals surface area contributed by atoms with Gasteiger partial charge in [-0.2, -0.15) is 0 Å². The molecule has 2 aromatic carbocycles. The van der Waals surface area contributed by atoms with Crippen LogP contribution in [-0.2, 0) is 10.3 Å². The van der Waals surface area contributed by atoms with E-state index in [0.717, 1.165) is 39.8 Å². The molecule has 148 valence electrons. The van der Waals surface area contributed by atoms with Crippen LogP contribution in [0, 0.1) is 6.92 Å². The summed E-state index contributed by atoms with van der Waals surface area (Å²) in [5, 5.41) is 3.31. The van der Waals surface area contributed by atoms with Crippen LogP contribution in [0.4, 0.5) is 0 Å². The Labute approximate surface area is 179 Å². The Hall–Kier alpha value is -2.50. The van der Waals surface area contributed by atoms with Gasteiger partial charge in [0.1, 0.15) is 0 Å². The second-order valence-corrected chi connectivity index (χ2v) is 8.27. The van der Waals surface area contributed by atoms with Crippen molar-refractivity contribution in [2.24, 2.45) is 0 Å². The molecule has 1 saturated heterocycles. The van der Waals surface area contributed by atoms with Crippen molar-refractivity contribution in [1.29, 1.82) is 0 Å². The van der Waals surface area contributed by atoms with E-state index in [1.165, 1.54) is 0 Å². The highest BCUT2D eigenvalue weighted by Crippen LogP contribution is 2.34. The normalized spacial score (nSPS) is 15.7. The van der Waals surface area contributed by atoms with Gasteiger partial charge < -0.3 is 10.1 Å². The number of hydrogen-bond acceptors (Lipinski definition) is 3. The lowest BCUT2D eigenvalue weighted by molar-refractivity contribution is 0.0345. The lowest BCUT2D eigenvalue weighted by Crippen LogP contribution is -2.49. The van der Waals surface area contributed by atoms with Crippen LogP contribution in [0.2, 0.25) is 0 Å². The molecule has 0 unspecified atom stereocenters. The molecule has 0 atom stereocenters. The van der Waals surface area contributed by atoms with E-state index >= 15 is 0 Å². The first-order chi connectivity index (χ1) is 14.1. The molecule has 0 bridgehead atoms. The number of benzene rings is 2. The molecule has 1 aromatic heterocycles. The van der Waals surface area contributed by atoms with Gasteiger partial charge in [-0.3, -0.25) is 9.78 Å². The van der Waals surface area contributed by atoms with E-state index in [2.05, 4.69) is 38.4 Å². The van der Waals surface area contributed by atoms with Gasteiger partial charge in [0.05, 0.1) is 22.5 Å². The Balaban J connectivity index is 1.63. The van der Waals surface area contributed by atoms with Crippen LogP contribution in [-0.4, -0.2) is 24.1 Å². The van der Waals surface area contributed by atoms with Crippen LogP contribution in [0.25, 0.3) is 11.3 Å². The number of halogens is 1. The van der Waals surface area contributed by atoms with Gasteiger partial charge in [0.25, 0.3) is 5.91 Å². The fraction of sp³-hybridized carbons (Fsp3) is 0.250. The van der Waals surface area contributed by atoms with Crippen LogP contribution in [0.3, 0.4) is 0 Å². The Morgan fingerprint density at radius 2 is 1.79 bits per heavy atom. The number of nitrogens with one attached hydrogen (secondary N) is 1. The number of carbonyl (C=O) groups is 1. The van der Waals surface area contributed by atoms with Crippen molar-refractivity contribution < 1.29 is 9.53 Å². The average molecular weight is 451 g/mol. The summed E-state index contributed by atoms with van der Waals surface area (Å²) in [6.07, 6.45) is 1.48. The van der Waals surface area contributed by atoms with E-state index in [1.807, 2.05) is 61.5 Å². The monoisotopic (exact) mass is 450 g/mol. The zero-order valence-electron chi connectivity index (χ0n) is 16.3. The third-order valence-corrected chi connectivity index (χ3v) is 5.97. The number of amides is 1. The summed E-state index contributed by atoms with van der Waals surface area (Å²) in [4.78, 5) is 17.9. The minimum Gasteiger partial charge on any atom is -0.381 e. The second-order valence-electron chi connectivity index (χ2n) is 7.35. The summed E-state index contributed by atoms with van der Waals surface area (Å²) in [5.41, 5.74) is 3.88. The van der Waals surface area contributed by atoms with Crippen LogP contribution < -0.4 is 5.32 Å². The van der Waals surface area contributed by atoms with Crippen molar-refractivity contribution in [3.8, 4) is 11.3 Å². The maximum atomic E-state index is 13.2. The van der Waals surface area contributed by atoms with E-state index in [0.29, 0.717) is 18.8 Å². The molecule has 5 heteroatoms. The third-order valence-electron chi connectivity index (χ3n) is 5.48. The summed E-state index contributed by atoms with van der Waals surface area (Å²) in [5.74, 6) is -0.100. The molecule has 4 rings (SSSR count). The first-order valence-corrected chi connectivity index (χ1v) is 10.6. The average Bonchev–Trinajstić information content (AvgIpc) is 2.75. The van der Waals surface area contributed by atoms with Crippen molar-refractivity contribution >= 4 is 21.8 Å². The van der Waals surface area contributed by atoms with E-state index in [9.17, 15) is 4.79 Å². The highest BCUT2D eigenvalue weighted by Gasteiger charge is 2.36. The minimum atomic E-state index is -0.441. The Morgan fingerprint density at radius 3 is 2.48 bits per heavy atom. The summed E-state index contributed by atoms with van der Waals surface area (Å²) in [6.45, 7) is 3.13. The Morgan fingerprint density at radius 1 is 1.03 bits per heavy atom. The largest absolute Gasteiger partial charge is 0.381 e. The smallest absolute Gasteiger partial charge is 0.253 e. The Kier molecular flexibility index (Phi) is 5.79. The lowest BCUT2D eigenvalue weighted by atomic mass is 9.82. The molecule has 0 spiro atoms. The predicted octanol–water partition coefficient (Wildman–Crippen LogP) is 5.26. The molecule has 0 radical (unpaired) electrons. The standard InChI is InChI=1S/C24H23BrN2O2/c1-17-21(10-11-22(26-17)18-6-3-2-4-7-18)23(28)27-24(12-14-29-15-13-24)19-8-5-9-20(25)16-19/h2-11,16H,12-15H2,1H3,(H,27,28). The lowest BCUT2D eigenvalue weighted by Gasteiger charge is -2.38. The van der Waals surface area contributed by atoms with Gasteiger partial charge in [-0.15, -0.1) is 0 Å². The SMILES string of the molecule is Cc1nc(-c2ccccc2)ccc1C(=O)NC1(c2cccc(Br)c2)CCOCC1. The first-order valence-electron chi connectivity index (χ1n) is 9.77. The summed E-state index contributed by atoms with van der Waals surface area (Å²) in [6, 6.07) is 21.9. The van der Waals surface area contributed by atoms with Crippen LogP contribution in [0.5, 0.6) is 0 Å². The van der Waals surface area contributed by atoms with Crippen LogP contribution in [0.15, 0.2) is 71.2 Å². The maximum absolute atomic E-state index is 13.2. The van der Waals surface area contributed by atoms with Crippen molar-refractivity contribution in [3.63, 3.8) is 0 Å². The van der Waals surface area contributed by atoms with Crippen molar-refractivity contribution in [3.05, 3.63) is 88.0 Å². The molecular weight excluding hydrogens is 428 g/mol. The number of hydrogen-bond donors (Lipinski definition) is 1. The zero-order valence-corrected chi connectivity index (χ0v) is 17.9. The van der Waals surface area contributed by atoms with Gasteiger partial charge in [-0.1, -0.05) is 58.4 Å². The third kappa shape index (κ3) is 4.26. The summed E-state index contributed by atoms with van der Waals surface area (Å²) < 4.78 is 6.58. The minimum absolute atomic E-state index is 0.100. The highest BCUT2D eigenvalue weighted by atomic mass is 79.9. The molecule has 1 aliphatic rings. The quantitative estimate of drug-likeness (QED) is 0.589. The first kappa shape index (κ1) is 19.8. The molecule has 1 N–H and O–H groups in total.